The van der Waals surface area contributed by atoms with Crippen LogP contribution < -0.4 is 10.6 Å². The van der Waals surface area contributed by atoms with E-state index in [2.05, 4.69) is 0 Å². The molecular formula is C15H22N2O2. The molecule has 0 aromatic heterocycles. The van der Waals surface area contributed by atoms with Gasteiger partial charge in [-0.3, -0.25) is 4.79 Å². The van der Waals surface area contributed by atoms with Crippen molar-refractivity contribution in [1.82, 2.24) is 0 Å². The maximum absolute atomic E-state index is 11.6. The highest BCUT2D eigenvalue weighted by Crippen LogP contribution is 2.51. The molecule has 0 spiro atoms. The van der Waals surface area contributed by atoms with E-state index in [1.54, 1.807) is 0 Å². The zero-order chi connectivity index (χ0) is 14.0. The third-order valence-corrected chi connectivity index (χ3v) is 4.39. The average molecular weight is 262 g/mol. The average Bonchev–Trinajstić information content (AvgIpc) is 2.33. The van der Waals surface area contributed by atoms with Crippen LogP contribution in [0.4, 0.5) is 5.69 Å². The van der Waals surface area contributed by atoms with Gasteiger partial charge in [-0.1, -0.05) is 18.6 Å². The Hall–Kier alpha value is -1.55. The van der Waals surface area contributed by atoms with Gasteiger partial charge >= 0.3 is 5.97 Å². The van der Waals surface area contributed by atoms with Crippen molar-refractivity contribution in [2.75, 3.05) is 25.5 Å². The summed E-state index contributed by atoms with van der Waals surface area (Å²) in [6.07, 6.45) is 2.46. The van der Waals surface area contributed by atoms with Gasteiger partial charge in [0.05, 0.1) is 5.41 Å². The second-order valence-electron chi connectivity index (χ2n) is 5.59. The minimum Gasteiger partial charge on any atom is -0.481 e. The molecule has 104 valence electrons. The van der Waals surface area contributed by atoms with E-state index >= 15 is 0 Å². The maximum Gasteiger partial charge on any atom is 0.310 e. The highest BCUT2D eigenvalue weighted by atomic mass is 16.4. The molecule has 1 aromatic carbocycles. The van der Waals surface area contributed by atoms with Crippen molar-refractivity contribution >= 4 is 11.7 Å². The molecular weight excluding hydrogens is 240 g/mol. The number of benzene rings is 1. The number of anilines is 1. The molecule has 0 aliphatic heterocycles. The first-order valence-electron chi connectivity index (χ1n) is 6.72. The largest absolute Gasteiger partial charge is 0.481 e. The van der Waals surface area contributed by atoms with Crippen LogP contribution in [0.1, 0.15) is 30.7 Å². The van der Waals surface area contributed by atoms with Crippen molar-refractivity contribution in [2.24, 2.45) is 11.1 Å². The number of rotatable bonds is 5. The van der Waals surface area contributed by atoms with Crippen LogP contribution in [0.2, 0.25) is 0 Å². The van der Waals surface area contributed by atoms with Gasteiger partial charge < -0.3 is 15.7 Å². The van der Waals surface area contributed by atoms with Crippen LogP contribution in [-0.2, 0) is 4.79 Å². The normalized spacial score (nSPS) is 18.5. The van der Waals surface area contributed by atoms with Crippen molar-refractivity contribution in [3.63, 3.8) is 0 Å². The summed E-state index contributed by atoms with van der Waals surface area (Å²) in [6, 6.07) is 8.06. The van der Waals surface area contributed by atoms with Crippen molar-refractivity contribution in [3.8, 4) is 0 Å². The summed E-state index contributed by atoms with van der Waals surface area (Å²) in [5.41, 5.74) is 7.36. The summed E-state index contributed by atoms with van der Waals surface area (Å²) in [4.78, 5) is 13.6. The molecule has 0 radical (unpaired) electrons. The molecule has 0 bridgehead atoms. The number of hydrogen-bond acceptors (Lipinski definition) is 3. The van der Waals surface area contributed by atoms with E-state index in [1.807, 2.05) is 43.3 Å². The Bertz CT molecular complexity index is 450. The van der Waals surface area contributed by atoms with Crippen molar-refractivity contribution in [2.45, 2.75) is 25.2 Å². The fraction of sp³-hybridized carbons (Fsp3) is 0.533. The summed E-state index contributed by atoms with van der Waals surface area (Å²) in [5.74, 6) is -0.791. The Balaban J connectivity index is 2.29. The number of carbonyl (C=O) groups is 1. The predicted molar refractivity (Wildman–Crippen MR) is 76.5 cm³/mol. The van der Waals surface area contributed by atoms with Gasteiger partial charge in [-0.15, -0.1) is 0 Å². The second kappa shape index (κ2) is 5.21. The standard InChI is InChI=1S/C15H22N2O2/c1-17(2)12-6-4-11(5-7-12)13(10-16)15(14(18)19)8-3-9-15/h4-7,13H,3,8-10,16H2,1-2H3,(H,18,19)/t13-/m0/s1. The summed E-state index contributed by atoms with van der Waals surface area (Å²) >= 11 is 0. The van der Waals surface area contributed by atoms with Gasteiger partial charge in [0.2, 0.25) is 0 Å². The fourth-order valence-electron chi connectivity index (χ4n) is 2.95. The molecule has 1 aliphatic rings. The van der Waals surface area contributed by atoms with Crippen LogP contribution in [0.3, 0.4) is 0 Å². The molecule has 0 heterocycles. The van der Waals surface area contributed by atoms with Crippen LogP contribution in [0, 0.1) is 5.41 Å². The van der Waals surface area contributed by atoms with E-state index in [9.17, 15) is 9.90 Å². The lowest BCUT2D eigenvalue weighted by molar-refractivity contribution is -0.156. The summed E-state index contributed by atoms with van der Waals surface area (Å²) < 4.78 is 0. The molecule has 0 amide bonds. The monoisotopic (exact) mass is 262 g/mol. The van der Waals surface area contributed by atoms with E-state index in [1.165, 1.54) is 0 Å². The molecule has 3 N–H and O–H groups in total. The molecule has 1 saturated carbocycles. The smallest absolute Gasteiger partial charge is 0.310 e. The van der Waals surface area contributed by atoms with Gasteiger partial charge in [-0.2, -0.15) is 0 Å². The highest BCUT2D eigenvalue weighted by molar-refractivity contribution is 5.77. The number of carboxylic acid groups (broad SMARTS) is 1. The first-order chi connectivity index (χ1) is 9.01. The molecule has 2 rings (SSSR count). The quantitative estimate of drug-likeness (QED) is 0.852. The number of nitrogens with two attached hydrogens (primary N) is 1. The Morgan fingerprint density at radius 2 is 1.95 bits per heavy atom. The topological polar surface area (TPSA) is 66.6 Å². The van der Waals surface area contributed by atoms with Crippen LogP contribution in [0.15, 0.2) is 24.3 Å². The number of carboxylic acids is 1. The van der Waals surface area contributed by atoms with Crippen molar-refractivity contribution in [1.29, 1.82) is 0 Å². The summed E-state index contributed by atoms with van der Waals surface area (Å²) in [7, 11) is 3.97. The van der Waals surface area contributed by atoms with Crippen molar-refractivity contribution < 1.29 is 9.90 Å². The second-order valence-corrected chi connectivity index (χ2v) is 5.59. The van der Waals surface area contributed by atoms with E-state index in [0.29, 0.717) is 6.54 Å². The minimum absolute atomic E-state index is 0.0880. The lowest BCUT2D eigenvalue weighted by atomic mass is 9.59. The maximum atomic E-state index is 11.6. The van der Waals surface area contributed by atoms with Crippen LogP contribution in [0.25, 0.3) is 0 Å². The Labute approximate surface area is 114 Å². The number of nitrogens with zero attached hydrogens (tertiary/aromatic N) is 1. The van der Waals surface area contributed by atoms with E-state index < -0.39 is 11.4 Å². The zero-order valence-electron chi connectivity index (χ0n) is 11.6. The van der Waals surface area contributed by atoms with Gasteiger partial charge in [0, 0.05) is 32.2 Å². The van der Waals surface area contributed by atoms with Crippen molar-refractivity contribution in [3.05, 3.63) is 29.8 Å². The van der Waals surface area contributed by atoms with Gasteiger partial charge in [0.15, 0.2) is 0 Å². The summed E-state index contributed by atoms with van der Waals surface area (Å²) in [5, 5.41) is 9.53. The molecule has 1 aromatic rings. The van der Waals surface area contributed by atoms with Gasteiger partial charge in [0.25, 0.3) is 0 Å². The Morgan fingerprint density at radius 3 is 2.26 bits per heavy atom. The lowest BCUT2D eigenvalue weighted by Gasteiger charge is -2.44. The van der Waals surface area contributed by atoms with Gasteiger partial charge in [-0.05, 0) is 30.5 Å². The van der Waals surface area contributed by atoms with E-state index in [4.69, 9.17) is 5.73 Å². The third-order valence-electron chi connectivity index (χ3n) is 4.39. The molecule has 4 heteroatoms. The zero-order valence-corrected chi connectivity index (χ0v) is 11.6. The molecule has 0 unspecified atom stereocenters. The first-order valence-corrected chi connectivity index (χ1v) is 6.72. The molecule has 0 saturated heterocycles. The first kappa shape index (κ1) is 13.9. The highest BCUT2D eigenvalue weighted by Gasteiger charge is 2.50. The molecule has 1 fully saturated rings. The Morgan fingerprint density at radius 1 is 1.37 bits per heavy atom. The number of aliphatic carboxylic acids is 1. The van der Waals surface area contributed by atoms with Crippen LogP contribution >= 0.6 is 0 Å². The Kier molecular flexibility index (Phi) is 3.80. The van der Waals surface area contributed by atoms with E-state index in [0.717, 1.165) is 30.5 Å². The van der Waals surface area contributed by atoms with Crippen LogP contribution in [0.5, 0.6) is 0 Å². The molecule has 1 aliphatic carbocycles. The number of hydrogen-bond donors (Lipinski definition) is 2. The minimum atomic E-state index is -0.703. The van der Waals surface area contributed by atoms with E-state index in [-0.39, 0.29) is 5.92 Å². The van der Waals surface area contributed by atoms with Gasteiger partial charge in [0.1, 0.15) is 0 Å². The summed E-state index contributed by atoms with van der Waals surface area (Å²) in [6.45, 7) is 0.383. The lowest BCUT2D eigenvalue weighted by Crippen LogP contribution is -2.45. The predicted octanol–water partition coefficient (Wildman–Crippen LogP) is 2.05. The SMILES string of the molecule is CN(C)c1ccc([C@H](CN)C2(C(=O)O)CCC2)cc1. The van der Waals surface area contributed by atoms with Gasteiger partial charge in [-0.25, -0.2) is 0 Å². The third kappa shape index (κ3) is 2.32. The molecule has 4 nitrogen and oxygen atoms in total. The fourth-order valence-corrected chi connectivity index (χ4v) is 2.95. The van der Waals surface area contributed by atoms with Crippen LogP contribution in [-0.4, -0.2) is 31.7 Å². The molecule has 19 heavy (non-hydrogen) atoms. The molecule has 1 atom stereocenters.